The molecule has 0 radical (unpaired) electrons. The van der Waals surface area contributed by atoms with Crippen molar-refractivity contribution in [3.05, 3.63) is 11.6 Å². The maximum atomic E-state index is 11.9. The summed E-state index contributed by atoms with van der Waals surface area (Å²) in [6.07, 6.45) is 11.7. The van der Waals surface area contributed by atoms with Gasteiger partial charge in [-0.05, 0) is 67.6 Å². The van der Waals surface area contributed by atoms with E-state index in [1.54, 1.807) is 0 Å². The second-order valence-corrected chi connectivity index (χ2v) is 9.46. The molecule has 3 heteroatoms. The summed E-state index contributed by atoms with van der Waals surface area (Å²) in [7, 11) is 0. The van der Waals surface area contributed by atoms with Crippen molar-refractivity contribution in [2.45, 2.75) is 70.8 Å². The Bertz CT molecular complexity index is 569. The number of rotatable bonds is 2. The first-order chi connectivity index (χ1) is 10.8. The third kappa shape index (κ3) is 1.87. The summed E-state index contributed by atoms with van der Waals surface area (Å²) in [4.78, 5) is 11.9. The second kappa shape index (κ2) is 4.70. The van der Waals surface area contributed by atoms with E-state index in [0.29, 0.717) is 12.3 Å². The summed E-state index contributed by atoms with van der Waals surface area (Å²) >= 11 is 0. The van der Waals surface area contributed by atoms with Crippen molar-refractivity contribution in [1.82, 2.24) is 0 Å². The zero-order valence-corrected chi connectivity index (χ0v) is 14.5. The predicted molar refractivity (Wildman–Crippen MR) is 88.7 cm³/mol. The van der Waals surface area contributed by atoms with E-state index >= 15 is 0 Å². The van der Waals surface area contributed by atoms with E-state index < -0.39 is 5.60 Å². The molecular formula is C20H30O3. The molecule has 1 unspecified atom stereocenters. The van der Waals surface area contributed by atoms with Crippen LogP contribution >= 0.6 is 0 Å². The van der Waals surface area contributed by atoms with Crippen LogP contribution in [0.1, 0.15) is 65.2 Å². The highest BCUT2D eigenvalue weighted by Gasteiger charge is 2.64. The molecule has 6 atom stereocenters. The van der Waals surface area contributed by atoms with Gasteiger partial charge in [-0.2, -0.15) is 0 Å². The number of hydrogen-bond donors (Lipinski definition) is 2. The lowest BCUT2D eigenvalue weighted by atomic mass is 9.44. The topological polar surface area (TPSA) is 57.5 Å². The minimum Gasteiger partial charge on any atom is -0.393 e. The van der Waals surface area contributed by atoms with Crippen LogP contribution in [0.2, 0.25) is 0 Å². The number of allylic oxidation sites excluding steroid dienone is 2. The number of aliphatic hydroxyl groups excluding tert-OH is 1. The average Bonchev–Trinajstić information content (AvgIpc) is 2.74. The maximum absolute atomic E-state index is 11.9. The molecule has 2 N–H and O–H groups in total. The lowest BCUT2D eigenvalue weighted by Crippen LogP contribution is -2.52. The van der Waals surface area contributed by atoms with E-state index in [1.807, 2.05) is 0 Å². The van der Waals surface area contributed by atoms with Gasteiger partial charge in [-0.3, -0.25) is 0 Å². The quantitative estimate of drug-likeness (QED) is 0.607. The number of carbonyl (C=O) groups excluding carboxylic acids is 1. The van der Waals surface area contributed by atoms with Crippen molar-refractivity contribution < 1.29 is 15.0 Å². The molecule has 2 bridgehead atoms. The van der Waals surface area contributed by atoms with Gasteiger partial charge in [0, 0.05) is 5.41 Å². The molecule has 128 valence electrons. The third-order valence-electron chi connectivity index (χ3n) is 8.27. The van der Waals surface area contributed by atoms with Gasteiger partial charge in [-0.25, -0.2) is 0 Å². The Morgan fingerprint density at radius 2 is 2.09 bits per heavy atom. The molecule has 3 fully saturated rings. The van der Waals surface area contributed by atoms with Gasteiger partial charge in [0.05, 0.1) is 12.2 Å². The lowest BCUT2D eigenvalue weighted by molar-refractivity contribution is -0.127. The van der Waals surface area contributed by atoms with E-state index in [0.717, 1.165) is 44.9 Å². The third-order valence-corrected chi connectivity index (χ3v) is 8.27. The fourth-order valence-electron chi connectivity index (χ4n) is 7.24. The predicted octanol–water partition coefficient (Wildman–Crippen LogP) is 3.24. The summed E-state index contributed by atoms with van der Waals surface area (Å²) in [6.45, 7) is 4.42. The molecule has 3 nitrogen and oxygen atoms in total. The van der Waals surface area contributed by atoms with Crippen LogP contribution < -0.4 is 0 Å². The summed E-state index contributed by atoms with van der Waals surface area (Å²) in [5.74, 6) is 0.634. The Balaban J connectivity index is 1.77. The molecule has 1 spiro atoms. The Kier molecular flexibility index (Phi) is 3.23. The van der Waals surface area contributed by atoms with Gasteiger partial charge in [-0.15, -0.1) is 0 Å². The Morgan fingerprint density at radius 1 is 1.30 bits per heavy atom. The fourth-order valence-corrected chi connectivity index (χ4v) is 7.24. The molecule has 0 amide bonds. The van der Waals surface area contributed by atoms with Gasteiger partial charge < -0.3 is 15.0 Å². The standard InChI is InChI=1S/C20H30O3/c1-17(12-21)7-3-8-18(2)15(17)6-9-19-10-14(4-5-16(18)19)20(23,11-19)13-22/h5,12,14-15,22-23H,3-4,6-11,13H2,1-2H3/t14-,15?,17-,18+,19-,20-/m0/s1. The molecule has 0 aromatic carbocycles. The van der Waals surface area contributed by atoms with Gasteiger partial charge in [0.25, 0.3) is 0 Å². The lowest BCUT2D eigenvalue weighted by Gasteiger charge is -2.60. The first kappa shape index (κ1) is 15.8. The second-order valence-electron chi connectivity index (χ2n) is 9.46. The summed E-state index contributed by atoms with van der Waals surface area (Å²) < 4.78 is 0. The zero-order valence-electron chi connectivity index (χ0n) is 14.5. The monoisotopic (exact) mass is 318 g/mol. The summed E-state index contributed by atoms with van der Waals surface area (Å²) in [6, 6.07) is 0. The van der Waals surface area contributed by atoms with Crippen LogP contribution in [-0.2, 0) is 4.79 Å². The molecular weight excluding hydrogens is 288 g/mol. The molecule has 0 aliphatic heterocycles. The van der Waals surface area contributed by atoms with Gasteiger partial charge in [0.1, 0.15) is 6.29 Å². The molecule has 4 aliphatic carbocycles. The summed E-state index contributed by atoms with van der Waals surface area (Å²) in [5.41, 5.74) is 0.599. The summed E-state index contributed by atoms with van der Waals surface area (Å²) in [5, 5.41) is 20.7. The van der Waals surface area contributed by atoms with E-state index in [4.69, 9.17) is 0 Å². The van der Waals surface area contributed by atoms with Crippen molar-refractivity contribution in [3.63, 3.8) is 0 Å². The van der Waals surface area contributed by atoms with Gasteiger partial charge in [0.15, 0.2) is 0 Å². The maximum Gasteiger partial charge on any atom is 0.126 e. The van der Waals surface area contributed by atoms with Crippen LogP contribution in [0, 0.1) is 28.1 Å². The fraction of sp³-hybridized carbons (Fsp3) is 0.850. The van der Waals surface area contributed by atoms with Gasteiger partial charge in [-0.1, -0.05) is 31.9 Å². The Hall–Kier alpha value is -0.670. The molecule has 0 heterocycles. The average molecular weight is 318 g/mol. The molecule has 0 aromatic heterocycles. The highest BCUT2D eigenvalue weighted by molar-refractivity contribution is 5.60. The normalized spacial score (nSPS) is 54.9. The van der Waals surface area contributed by atoms with Crippen molar-refractivity contribution >= 4 is 6.29 Å². The van der Waals surface area contributed by atoms with Crippen molar-refractivity contribution in [2.24, 2.45) is 28.1 Å². The van der Waals surface area contributed by atoms with Gasteiger partial charge >= 0.3 is 0 Å². The number of aldehydes is 1. The number of aliphatic hydroxyl groups is 2. The molecule has 4 aliphatic rings. The highest BCUT2D eigenvalue weighted by atomic mass is 16.3. The van der Waals surface area contributed by atoms with Crippen LogP contribution in [-0.4, -0.2) is 28.7 Å². The first-order valence-electron chi connectivity index (χ1n) is 9.33. The number of fused-ring (bicyclic) bond motifs is 3. The minimum atomic E-state index is -0.899. The Labute approximate surface area is 139 Å². The Morgan fingerprint density at radius 3 is 2.78 bits per heavy atom. The van der Waals surface area contributed by atoms with E-state index in [2.05, 4.69) is 19.9 Å². The first-order valence-corrected chi connectivity index (χ1v) is 9.33. The van der Waals surface area contributed by atoms with Crippen LogP contribution in [0.25, 0.3) is 0 Å². The van der Waals surface area contributed by atoms with Crippen LogP contribution in [0.4, 0.5) is 0 Å². The molecule has 4 rings (SSSR count). The molecule has 0 aromatic rings. The van der Waals surface area contributed by atoms with Crippen molar-refractivity contribution in [3.8, 4) is 0 Å². The molecule has 23 heavy (non-hydrogen) atoms. The van der Waals surface area contributed by atoms with E-state index in [1.165, 1.54) is 11.9 Å². The van der Waals surface area contributed by atoms with Crippen molar-refractivity contribution in [1.29, 1.82) is 0 Å². The van der Waals surface area contributed by atoms with Crippen LogP contribution in [0.3, 0.4) is 0 Å². The largest absolute Gasteiger partial charge is 0.393 e. The highest BCUT2D eigenvalue weighted by Crippen LogP contribution is 2.70. The molecule has 0 saturated heterocycles. The SMILES string of the molecule is C[C@@]12CCC[C@@](C)(C=O)C1CC[C@@]13C[C@H](CC=C12)[C@@](O)(CO)C3. The van der Waals surface area contributed by atoms with Crippen molar-refractivity contribution in [2.75, 3.05) is 6.61 Å². The number of carbonyl (C=O) groups is 1. The zero-order chi connectivity index (χ0) is 16.5. The number of hydrogen-bond acceptors (Lipinski definition) is 3. The van der Waals surface area contributed by atoms with E-state index in [-0.39, 0.29) is 28.8 Å². The van der Waals surface area contributed by atoms with Crippen LogP contribution in [0.15, 0.2) is 11.6 Å². The van der Waals surface area contributed by atoms with Crippen LogP contribution in [0.5, 0.6) is 0 Å². The smallest absolute Gasteiger partial charge is 0.126 e. The molecule has 3 saturated carbocycles. The minimum absolute atomic E-state index is 0.0762. The van der Waals surface area contributed by atoms with E-state index in [9.17, 15) is 15.0 Å². The van der Waals surface area contributed by atoms with Gasteiger partial charge in [0.2, 0.25) is 0 Å².